The zero-order chi connectivity index (χ0) is 18.4. The summed E-state index contributed by atoms with van der Waals surface area (Å²) in [7, 11) is 0. The highest BCUT2D eigenvalue weighted by Gasteiger charge is 2.11. The highest BCUT2D eigenvalue weighted by atomic mass is 32.2. The zero-order valence-electron chi connectivity index (χ0n) is 13.6. The predicted octanol–water partition coefficient (Wildman–Crippen LogP) is 3.66. The third-order valence-electron chi connectivity index (χ3n) is 3.09. The minimum absolute atomic E-state index is 0.0832. The third kappa shape index (κ3) is 5.29. The fourth-order valence-corrected chi connectivity index (χ4v) is 2.68. The molecule has 0 amide bonds. The average Bonchev–Trinajstić information content (AvgIpc) is 2.60. The quantitative estimate of drug-likeness (QED) is 0.367. The van der Waals surface area contributed by atoms with E-state index in [1.165, 1.54) is 37.7 Å². The molecule has 2 aromatic rings. The molecule has 2 aromatic carbocycles. The Morgan fingerprint density at radius 1 is 0.880 bits per heavy atom. The van der Waals surface area contributed by atoms with Crippen LogP contribution in [0.3, 0.4) is 0 Å². The number of Topliss-reactive ketones (excluding diaryl/α,β-unsaturated/α-hetero) is 1. The Morgan fingerprint density at radius 3 is 1.80 bits per heavy atom. The molecule has 0 atom stereocenters. The number of carboxylic acid groups (broad SMARTS) is 1. The number of oxime groups is 1. The molecule has 0 aliphatic heterocycles. The van der Waals surface area contributed by atoms with Gasteiger partial charge in [0.2, 0.25) is 5.78 Å². The normalized spacial score (nSPS) is 11.0. The minimum Gasteiger partial charge on any atom is -0.478 e. The number of carboxylic acids is 1. The monoisotopic (exact) mass is 357 g/mol. The lowest BCUT2D eigenvalue weighted by atomic mass is 10.1. The van der Waals surface area contributed by atoms with E-state index in [9.17, 15) is 14.4 Å². The fourth-order valence-electron chi connectivity index (χ4n) is 1.86. The van der Waals surface area contributed by atoms with Crippen LogP contribution in [0.5, 0.6) is 0 Å². The van der Waals surface area contributed by atoms with Crippen LogP contribution >= 0.6 is 11.8 Å². The smallest absolute Gasteiger partial charge is 0.335 e. The Kier molecular flexibility index (Phi) is 6.08. The number of carbonyl (C=O) groups is 3. The van der Waals surface area contributed by atoms with Gasteiger partial charge in [-0.25, -0.2) is 9.59 Å². The maximum absolute atomic E-state index is 12.1. The van der Waals surface area contributed by atoms with Crippen molar-refractivity contribution in [2.45, 2.75) is 23.6 Å². The summed E-state index contributed by atoms with van der Waals surface area (Å²) >= 11 is 1.45. The first-order chi connectivity index (χ1) is 11.9. The van der Waals surface area contributed by atoms with Crippen LogP contribution in [0, 0.1) is 0 Å². The topological polar surface area (TPSA) is 93.0 Å². The van der Waals surface area contributed by atoms with Crippen LogP contribution in [-0.4, -0.2) is 28.5 Å². The Balaban J connectivity index is 2.06. The lowest BCUT2D eigenvalue weighted by molar-refractivity contribution is -0.140. The molecule has 0 heterocycles. The molecule has 0 saturated carbocycles. The summed E-state index contributed by atoms with van der Waals surface area (Å²) in [6.45, 7) is 2.67. The second-order valence-electron chi connectivity index (χ2n) is 5.04. The molecule has 128 valence electrons. The molecular formula is C18H15NO5S. The largest absolute Gasteiger partial charge is 0.478 e. The van der Waals surface area contributed by atoms with Gasteiger partial charge < -0.3 is 9.94 Å². The van der Waals surface area contributed by atoms with Crippen molar-refractivity contribution in [3.8, 4) is 0 Å². The van der Waals surface area contributed by atoms with E-state index in [2.05, 4.69) is 9.99 Å². The summed E-state index contributed by atoms with van der Waals surface area (Å²) in [6, 6.07) is 13.4. The molecule has 1 N–H and O–H groups in total. The zero-order valence-corrected chi connectivity index (χ0v) is 14.4. The van der Waals surface area contributed by atoms with Gasteiger partial charge in [0.1, 0.15) is 5.71 Å². The first-order valence-electron chi connectivity index (χ1n) is 7.25. The van der Waals surface area contributed by atoms with Crippen molar-refractivity contribution in [1.82, 2.24) is 0 Å². The minimum atomic E-state index is -0.967. The van der Waals surface area contributed by atoms with E-state index in [0.29, 0.717) is 5.56 Å². The van der Waals surface area contributed by atoms with Crippen LogP contribution in [0.2, 0.25) is 0 Å². The molecule has 0 aliphatic carbocycles. The van der Waals surface area contributed by atoms with Crippen LogP contribution in [0.15, 0.2) is 63.5 Å². The van der Waals surface area contributed by atoms with Crippen LogP contribution < -0.4 is 0 Å². The number of nitrogens with zero attached hydrogens (tertiary/aromatic N) is 1. The molecule has 0 aromatic heterocycles. The molecule has 6 nitrogen and oxygen atoms in total. The highest BCUT2D eigenvalue weighted by molar-refractivity contribution is 7.99. The Morgan fingerprint density at radius 2 is 1.36 bits per heavy atom. The molecule has 7 heteroatoms. The van der Waals surface area contributed by atoms with Crippen LogP contribution in [0.1, 0.15) is 34.6 Å². The number of carbonyl (C=O) groups excluding carboxylic acids is 2. The first-order valence-corrected chi connectivity index (χ1v) is 8.06. The summed E-state index contributed by atoms with van der Waals surface area (Å²) < 4.78 is 0. The maximum Gasteiger partial charge on any atom is 0.335 e. The molecular weight excluding hydrogens is 342 g/mol. The van der Waals surface area contributed by atoms with Gasteiger partial charge >= 0.3 is 11.9 Å². The molecule has 25 heavy (non-hydrogen) atoms. The van der Waals surface area contributed by atoms with E-state index in [0.717, 1.165) is 9.79 Å². The van der Waals surface area contributed by atoms with Crippen molar-refractivity contribution in [2.75, 3.05) is 0 Å². The molecule has 0 spiro atoms. The molecule has 0 radical (unpaired) electrons. The van der Waals surface area contributed by atoms with Gasteiger partial charge in [0.05, 0.1) is 5.56 Å². The molecule has 2 rings (SSSR count). The van der Waals surface area contributed by atoms with Crippen molar-refractivity contribution in [2.24, 2.45) is 5.16 Å². The van der Waals surface area contributed by atoms with E-state index in [4.69, 9.17) is 5.11 Å². The molecule has 0 unspecified atom stereocenters. The lowest BCUT2D eigenvalue weighted by Crippen LogP contribution is -2.11. The van der Waals surface area contributed by atoms with Crippen molar-refractivity contribution in [1.29, 1.82) is 0 Å². The number of ketones is 1. The van der Waals surface area contributed by atoms with Crippen molar-refractivity contribution >= 4 is 35.2 Å². The Bertz CT molecular complexity index is 826. The maximum atomic E-state index is 12.1. The Labute approximate surface area is 148 Å². The van der Waals surface area contributed by atoms with Crippen molar-refractivity contribution in [3.63, 3.8) is 0 Å². The number of hydrogen-bond acceptors (Lipinski definition) is 6. The molecule has 0 aliphatic rings. The second-order valence-corrected chi connectivity index (χ2v) is 6.19. The summed E-state index contributed by atoms with van der Waals surface area (Å²) in [5.41, 5.74) is 0.742. The van der Waals surface area contributed by atoms with Crippen LogP contribution in [0.4, 0.5) is 0 Å². The van der Waals surface area contributed by atoms with Crippen molar-refractivity contribution in [3.05, 3.63) is 59.7 Å². The van der Waals surface area contributed by atoms with Gasteiger partial charge in [-0.3, -0.25) is 4.79 Å². The standard InChI is InChI=1S/C18H15NO5S/c1-11(19-24-12(2)20)17(21)13-3-7-15(8-4-13)25-16-9-5-14(6-10-16)18(22)23/h3-10H,1-2H3,(H,22,23). The molecule has 0 saturated heterocycles. The van der Waals surface area contributed by atoms with E-state index >= 15 is 0 Å². The number of aromatic carboxylic acids is 1. The first kappa shape index (κ1) is 18.4. The fraction of sp³-hybridized carbons (Fsp3) is 0.111. The van der Waals surface area contributed by atoms with Gasteiger partial charge in [0.25, 0.3) is 0 Å². The highest BCUT2D eigenvalue weighted by Crippen LogP contribution is 2.28. The van der Waals surface area contributed by atoms with E-state index in [1.807, 2.05) is 0 Å². The lowest BCUT2D eigenvalue weighted by Gasteiger charge is -2.04. The number of benzene rings is 2. The van der Waals surface area contributed by atoms with Gasteiger partial charge in [-0.1, -0.05) is 16.9 Å². The van der Waals surface area contributed by atoms with E-state index in [1.54, 1.807) is 36.4 Å². The molecule has 0 bridgehead atoms. The number of rotatable bonds is 6. The third-order valence-corrected chi connectivity index (χ3v) is 4.11. The van der Waals surface area contributed by atoms with Gasteiger partial charge in [-0.2, -0.15) is 0 Å². The summed E-state index contributed by atoms with van der Waals surface area (Å²) in [4.78, 5) is 39.9. The van der Waals surface area contributed by atoms with Gasteiger partial charge in [0, 0.05) is 22.3 Å². The van der Waals surface area contributed by atoms with E-state index in [-0.39, 0.29) is 17.1 Å². The average molecular weight is 357 g/mol. The summed E-state index contributed by atoms with van der Waals surface area (Å²) in [5.74, 6) is -1.89. The van der Waals surface area contributed by atoms with Gasteiger partial charge in [-0.15, -0.1) is 0 Å². The summed E-state index contributed by atoms with van der Waals surface area (Å²) in [6.07, 6.45) is 0. The van der Waals surface area contributed by atoms with Gasteiger partial charge in [0.15, 0.2) is 0 Å². The second kappa shape index (κ2) is 8.25. The summed E-state index contributed by atoms with van der Waals surface area (Å²) in [5, 5.41) is 12.4. The van der Waals surface area contributed by atoms with Crippen LogP contribution in [-0.2, 0) is 9.63 Å². The van der Waals surface area contributed by atoms with Crippen LogP contribution in [0.25, 0.3) is 0 Å². The van der Waals surface area contributed by atoms with E-state index < -0.39 is 11.9 Å². The van der Waals surface area contributed by atoms with Crippen molar-refractivity contribution < 1.29 is 24.3 Å². The Hall–Kier alpha value is -2.93. The van der Waals surface area contributed by atoms with Gasteiger partial charge in [-0.05, 0) is 55.5 Å². The number of hydrogen-bond donors (Lipinski definition) is 1. The SMILES string of the molecule is CC(=O)ON=C(C)C(=O)c1ccc(Sc2ccc(C(=O)O)cc2)cc1. The molecule has 0 fully saturated rings. The predicted molar refractivity (Wildman–Crippen MR) is 93.2 cm³/mol.